The molecule has 0 saturated heterocycles. The molecule has 0 aromatic carbocycles. The summed E-state index contributed by atoms with van der Waals surface area (Å²) in [7, 11) is 0. The van der Waals surface area contributed by atoms with E-state index < -0.39 is 0 Å². The zero-order valence-electron chi connectivity index (χ0n) is 3.48. The summed E-state index contributed by atoms with van der Waals surface area (Å²) in [5.41, 5.74) is 0. The molecule has 32 valence electrons. The van der Waals surface area contributed by atoms with Crippen LogP contribution in [-0.2, 0) is 4.79 Å². The van der Waals surface area contributed by atoms with E-state index >= 15 is 0 Å². The SMILES string of the molecule is O=[C][CH]C1CC1. The van der Waals surface area contributed by atoms with Crippen molar-refractivity contribution >= 4 is 6.29 Å². The van der Waals surface area contributed by atoms with Gasteiger partial charge in [0.15, 0.2) is 0 Å². The van der Waals surface area contributed by atoms with Crippen molar-refractivity contribution in [3.63, 3.8) is 0 Å². The van der Waals surface area contributed by atoms with Crippen molar-refractivity contribution in [2.45, 2.75) is 12.8 Å². The van der Waals surface area contributed by atoms with Crippen molar-refractivity contribution in [3.8, 4) is 0 Å². The van der Waals surface area contributed by atoms with Crippen molar-refractivity contribution in [2.24, 2.45) is 5.92 Å². The molecule has 0 atom stereocenters. The molecule has 0 aromatic rings. The third-order valence-corrected chi connectivity index (χ3v) is 0.926. The lowest BCUT2D eigenvalue weighted by Gasteiger charge is -1.70. The largest absolute Gasteiger partial charge is 0.291 e. The third-order valence-electron chi connectivity index (χ3n) is 0.926. The lowest BCUT2D eigenvalue weighted by atomic mass is 10.3. The molecule has 0 heterocycles. The molecule has 0 unspecified atom stereocenters. The van der Waals surface area contributed by atoms with Crippen LogP contribution in [-0.4, -0.2) is 6.29 Å². The summed E-state index contributed by atoms with van der Waals surface area (Å²) in [6, 6.07) is 0. The van der Waals surface area contributed by atoms with Gasteiger partial charge >= 0.3 is 0 Å². The van der Waals surface area contributed by atoms with Gasteiger partial charge in [0.2, 0.25) is 6.29 Å². The highest BCUT2D eigenvalue weighted by molar-refractivity contribution is 5.63. The van der Waals surface area contributed by atoms with E-state index in [0.29, 0.717) is 5.92 Å². The monoisotopic (exact) mass is 82.0 g/mol. The molecular formula is C5H6O. The van der Waals surface area contributed by atoms with Crippen molar-refractivity contribution in [1.29, 1.82) is 0 Å². The Balaban J connectivity index is 2.00. The van der Waals surface area contributed by atoms with Crippen LogP contribution in [0.2, 0.25) is 0 Å². The quantitative estimate of drug-likeness (QED) is 0.479. The van der Waals surface area contributed by atoms with Crippen molar-refractivity contribution < 1.29 is 4.79 Å². The van der Waals surface area contributed by atoms with Crippen molar-refractivity contribution in [3.05, 3.63) is 6.42 Å². The molecule has 1 aliphatic carbocycles. The van der Waals surface area contributed by atoms with Crippen LogP contribution in [0.25, 0.3) is 0 Å². The fourth-order valence-corrected chi connectivity index (χ4v) is 0.359. The zero-order chi connectivity index (χ0) is 4.41. The minimum absolute atomic E-state index is 0.600. The molecule has 0 spiro atoms. The van der Waals surface area contributed by atoms with Crippen LogP contribution in [0.3, 0.4) is 0 Å². The summed E-state index contributed by atoms with van der Waals surface area (Å²) in [4.78, 5) is 9.47. The second kappa shape index (κ2) is 1.41. The van der Waals surface area contributed by atoms with Crippen LogP contribution in [0.15, 0.2) is 0 Å². The van der Waals surface area contributed by atoms with Crippen LogP contribution in [0, 0.1) is 12.3 Å². The summed E-state index contributed by atoms with van der Waals surface area (Å²) < 4.78 is 0. The highest BCUT2D eigenvalue weighted by Crippen LogP contribution is 2.30. The van der Waals surface area contributed by atoms with Crippen LogP contribution < -0.4 is 0 Å². The zero-order valence-corrected chi connectivity index (χ0v) is 3.48. The van der Waals surface area contributed by atoms with Gasteiger partial charge in [-0.2, -0.15) is 0 Å². The second-order valence-electron chi connectivity index (χ2n) is 1.62. The minimum atomic E-state index is 0.600. The van der Waals surface area contributed by atoms with E-state index in [-0.39, 0.29) is 0 Å². The summed E-state index contributed by atoms with van der Waals surface area (Å²) in [6.07, 6.45) is 5.76. The highest BCUT2D eigenvalue weighted by atomic mass is 16.1. The average molecular weight is 82.1 g/mol. The molecule has 6 heavy (non-hydrogen) atoms. The third kappa shape index (κ3) is 0.814. The molecule has 1 nitrogen and oxygen atoms in total. The highest BCUT2D eigenvalue weighted by Gasteiger charge is 2.20. The van der Waals surface area contributed by atoms with Crippen LogP contribution in [0.4, 0.5) is 0 Å². The average Bonchev–Trinajstić information content (AvgIpc) is 2.21. The Morgan fingerprint density at radius 2 is 2.33 bits per heavy atom. The Kier molecular flexibility index (Phi) is 0.906. The first-order chi connectivity index (χ1) is 2.93. The molecule has 1 heteroatoms. The number of rotatable bonds is 2. The van der Waals surface area contributed by atoms with Gasteiger partial charge in [-0.3, -0.25) is 4.79 Å². The lowest BCUT2D eigenvalue weighted by molar-refractivity contribution is 0.559. The van der Waals surface area contributed by atoms with Crippen LogP contribution in [0.1, 0.15) is 12.8 Å². The first-order valence-electron chi connectivity index (χ1n) is 2.14. The Hall–Kier alpha value is -0.330. The Morgan fingerprint density at radius 3 is 2.50 bits per heavy atom. The molecular weight excluding hydrogens is 76.1 g/mol. The molecule has 0 bridgehead atoms. The Morgan fingerprint density at radius 1 is 1.67 bits per heavy atom. The van der Waals surface area contributed by atoms with Gasteiger partial charge < -0.3 is 0 Å². The van der Waals surface area contributed by atoms with Crippen LogP contribution >= 0.6 is 0 Å². The van der Waals surface area contributed by atoms with Gasteiger partial charge in [-0.25, -0.2) is 0 Å². The normalized spacial score (nSPS) is 20.7. The minimum Gasteiger partial charge on any atom is -0.291 e. The predicted octanol–water partition coefficient (Wildman–Crippen LogP) is 0.710. The van der Waals surface area contributed by atoms with E-state index in [9.17, 15) is 4.79 Å². The molecule has 1 aliphatic rings. The second-order valence-corrected chi connectivity index (χ2v) is 1.62. The van der Waals surface area contributed by atoms with Gasteiger partial charge in [-0.15, -0.1) is 0 Å². The molecule has 2 radical (unpaired) electrons. The van der Waals surface area contributed by atoms with Crippen molar-refractivity contribution in [1.82, 2.24) is 0 Å². The molecule has 1 saturated carbocycles. The smallest absolute Gasteiger partial charge is 0.202 e. The van der Waals surface area contributed by atoms with E-state index in [0.717, 1.165) is 0 Å². The van der Waals surface area contributed by atoms with E-state index in [2.05, 4.69) is 0 Å². The first kappa shape index (κ1) is 3.85. The van der Waals surface area contributed by atoms with Gasteiger partial charge in [0.05, 0.1) is 0 Å². The Labute approximate surface area is 37.4 Å². The molecule has 0 aromatic heterocycles. The maximum absolute atomic E-state index is 9.47. The maximum atomic E-state index is 9.47. The molecule has 1 rings (SSSR count). The molecule has 0 aliphatic heterocycles. The summed E-state index contributed by atoms with van der Waals surface area (Å²) in [6.45, 7) is 0. The summed E-state index contributed by atoms with van der Waals surface area (Å²) in [5.74, 6) is 0.600. The maximum Gasteiger partial charge on any atom is 0.202 e. The molecule has 0 amide bonds. The van der Waals surface area contributed by atoms with Gasteiger partial charge in [0, 0.05) is 6.42 Å². The molecule has 0 N–H and O–H groups in total. The predicted molar refractivity (Wildman–Crippen MR) is 22.7 cm³/mol. The van der Waals surface area contributed by atoms with Crippen molar-refractivity contribution in [2.75, 3.05) is 0 Å². The van der Waals surface area contributed by atoms with Gasteiger partial charge in [-0.05, 0) is 18.8 Å². The van der Waals surface area contributed by atoms with E-state index in [4.69, 9.17) is 0 Å². The van der Waals surface area contributed by atoms with E-state index in [1.165, 1.54) is 12.8 Å². The topological polar surface area (TPSA) is 17.1 Å². The summed E-state index contributed by atoms with van der Waals surface area (Å²) in [5, 5.41) is 0. The van der Waals surface area contributed by atoms with E-state index in [1.54, 1.807) is 12.7 Å². The fourth-order valence-electron chi connectivity index (χ4n) is 0.359. The number of hydrogen-bond donors (Lipinski definition) is 0. The van der Waals surface area contributed by atoms with Gasteiger partial charge in [0.25, 0.3) is 0 Å². The first-order valence-corrected chi connectivity index (χ1v) is 2.14. The fraction of sp³-hybridized carbons (Fsp3) is 0.600. The number of hydrogen-bond acceptors (Lipinski definition) is 1. The Bertz CT molecular complexity index is 55.0. The summed E-state index contributed by atoms with van der Waals surface area (Å²) >= 11 is 0. The standard InChI is InChI=1S/C5H6O/c6-4-3-5-1-2-5/h3,5H,1-2H2. The lowest BCUT2D eigenvalue weighted by Crippen LogP contribution is -1.74. The van der Waals surface area contributed by atoms with E-state index in [1.807, 2.05) is 0 Å². The van der Waals surface area contributed by atoms with Gasteiger partial charge in [0.1, 0.15) is 0 Å². The van der Waals surface area contributed by atoms with Crippen LogP contribution in [0.5, 0.6) is 0 Å². The molecule has 1 fully saturated rings. The van der Waals surface area contributed by atoms with Gasteiger partial charge in [-0.1, -0.05) is 0 Å². The number of carbonyl (C=O) groups excluding carboxylic acids is 1.